The van der Waals surface area contributed by atoms with Gasteiger partial charge in [-0.25, -0.2) is 0 Å². The Balaban J connectivity index is 2.01. The van der Waals surface area contributed by atoms with Crippen molar-refractivity contribution < 1.29 is 9.90 Å². The van der Waals surface area contributed by atoms with Crippen LogP contribution in [0.15, 0.2) is 36.0 Å². The van der Waals surface area contributed by atoms with E-state index in [1.807, 2.05) is 32.9 Å². The molecule has 0 aromatic heterocycles. The molecule has 1 saturated heterocycles. The average molecular weight is 289 g/mol. The highest BCUT2D eigenvalue weighted by molar-refractivity contribution is 6.01. The normalized spacial score (nSPS) is 30.9. The zero-order valence-electron chi connectivity index (χ0n) is 13.4. The lowest BCUT2D eigenvalue weighted by Crippen LogP contribution is -2.38. The van der Waals surface area contributed by atoms with Crippen LogP contribution in [0.25, 0.3) is 0 Å². The summed E-state index contributed by atoms with van der Waals surface area (Å²) in [5, 5.41) is 9.70. The predicted octanol–water partition coefficient (Wildman–Crippen LogP) is 2.73. The molecule has 3 nitrogen and oxygen atoms in total. The summed E-state index contributed by atoms with van der Waals surface area (Å²) in [6, 6.07) is -0.109. The maximum Gasteiger partial charge on any atom is 0.179 e. The van der Waals surface area contributed by atoms with Crippen LogP contribution < -0.4 is 0 Å². The highest BCUT2D eigenvalue weighted by atomic mass is 16.3. The number of hydrogen-bond acceptors (Lipinski definition) is 3. The number of fused-ring (bicyclic) bond motifs is 1. The van der Waals surface area contributed by atoms with Crippen molar-refractivity contribution >= 4 is 5.78 Å². The summed E-state index contributed by atoms with van der Waals surface area (Å²) in [6.45, 7) is 11.6. The molecular weight excluding hydrogens is 262 g/mol. The molecule has 1 aliphatic carbocycles. The number of aliphatic hydroxyl groups excluding tert-OH is 1. The molecule has 1 aliphatic heterocycles. The summed E-state index contributed by atoms with van der Waals surface area (Å²) >= 11 is 0. The fourth-order valence-electron chi connectivity index (χ4n) is 3.53. The summed E-state index contributed by atoms with van der Waals surface area (Å²) in [7, 11) is 0. The summed E-state index contributed by atoms with van der Waals surface area (Å²) in [5.74, 6) is 1.26. The molecule has 3 heteroatoms. The Labute approximate surface area is 128 Å². The Morgan fingerprint density at radius 2 is 1.81 bits per heavy atom. The van der Waals surface area contributed by atoms with Crippen molar-refractivity contribution in [3.05, 3.63) is 36.0 Å². The van der Waals surface area contributed by atoms with E-state index in [4.69, 9.17) is 0 Å². The molecule has 2 rings (SSSR count). The van der Waals surface area contributed by atoms with Gasteiger partial charge in [-0.05, 0) is 45.4 Å². The molecule has 21 heavy (non-hydrogen) atoms. The first-order valence-corrected chi connectivity index (χ1v) is 7.86. The molecule has 0 amide bonds. The monoisotopic (exact) mass is 289 g/mol. The van der Waals surface area contributed by atoms with Crippen LogP contribution >= 0.6 is 0 Å². The first-order valence-electron chi connectivity index (χ1n) is 7.86. The molecule has 1 heterocycles. The number of likely N-dealkylation sites (tertiary alicyclic amines) is 1. The lowest BCUT2D eigenvalue weighted by Gasteiger charge is -2.24. The number of hydrogen-bond donors (Lipinski definition) is 1. The van der Waals surface area contributed by atoms with E-state index < -0.39 is 0 Å². The van der Waals surface area contributed by atoms with E-state index in [9.17, 15) is 9.90 Å². The highest BCUT2D eigenvalue weighted by Gasteiger charge is 2.42. The number of ketones is 1. The number of allylic oxidation sites excluding steroid dienone is 4. The molecular formula is C18H27NO2. The second-order valence-electron chi connectivity index (χ2n) is 6.71. The molecule has 2 aliphatic rings. The van der Waals surface area contributed by atoms with Gasteiger partial charge in [-0.3, -0.25) is 9.69 Å². The van der Waals surface area contributed by atoms with Gasteiger partial charge in [-0.1, -0.05) is 30.4 Å². The number of rotatable bonds is 5. The number of carbonyl (C=O) groups is 1. The molecule has 0 aromatic carbocycles. The minimum Gasteiger partial charge on any atom is -0.393 e. The molecule has 3 unspecified atom stereocenters. The first kappa shape index (κ1) is 16.2. The van der Waals surface area contributed by atoms with E-state index in [0.717, 1.165) is 25.9 Å². The molecule has 2 fully saturated rings. The van der Waals surface area contributed by atoms with Crippen LogP contribution in [0.1, 0.15) is 33.6 Å². The smallest absolute Gasteiger partial charge is 0.179 e. The Morgan fingerprint density at radius 1 is 1.24 bits per heavy atom. The second-order valence-corrected chi connectivity index (χ2v) is 6.71. The van der Waals surface area contributed by atoms with Crippen LogP contribution in [0.3, 0.4) is 0 Å². The topological polar surface area (TPSA) is 40.5 Å². The SMILES string of the molecule is C=C/C(=C\C=C(C)C)C(=O)C(C)N1CC2CC(O)CC2C1. The van der Waals surface area contributed by atoms with Gasteiger partial charge in [0.15, 0.2) is 5.78 Å². The third kappa shape index (κ3) is 3.72. The molecule has 0 radical (unpaired) electrons. The van der Waals surface area contributed by atoms with Crippen LogP contribution in [0.2, 0.25) is 0 Å². The van der Waals surface area contributed by atoms with Crippen molar-refractivity contribution in [2.24, 2.45) is 11.8 Å². The fraction of sp³-hybridized carbons (Fsp3) is 0.611. The summed E-state index contributed by atoms with van der Waals surface area (Å²) < 4.78 is 0. The fourth-order valence-corrected chi connectivity index (χ4v) is 3.53. The maximum atomic E-state index is 12.6. The zero-order chi connectivity index (χ0) is 15.6. The minimum absolute atomic E-state index is 0.109. The zero-order valence-corrected chi connectivity index (χ0v) is 13.4. The Kier molecular flexibility index (Phi) is 5.17. The van der Waals surface area contributed by atoms with Crippen LogP contribution in [0, 0.1) is 11.8 Å². The van der Waals surface area contributed by atoms with Crippen LogP contribution in [0.5, 0.6) is 0 Å². The molecule has 3 atom stereocenters. The van der Waals surface area contributed by atoms with E-state index in [2.05, 4.69) is 11.5 Å². The van der Waals surface area contributed by atoms with Gasteiger partial charge in [0, 0.05) is 18.7 Å². The molecule has 1 saturated carbocycles. The summed E-state index contributed by atoms with van der Waals surface area (Å²) in [5.41, 5.74) is 1.85. The second kappa shape index (κ2) is 6.71. The molecule has 116 valence electrons. The Bertz CT molecular complexity index is 460. The number of aliphatic hydroxyl groups is 1. The Hall–Kier alpha value is -1.19. The standard InChI is InChI=1S/C18H27NO2/c1-5-14(7-6-12(2)3)18(21)13(4)19-10-15-8-17(20)9-16(15)11-19/h5-7,13,15-17,20H,1,8-11H2,2-4H3/b14-7+. The van der Waals surface area contributed by atoms with Crippen molar-refractivity contribution in [2.45, 2.75) is 45.8 Å². The molecule has 0 bridgehead atoms. The lowest BCUT2D eigenvalue weighted by atomic mass is 10.0. The van der Waals surface area contributed by atoms with Gasteiger partial charge in [0.1, 0.15) is 0 Å². The largest absolute Gasteiger partial charge is 0.393 e. The van der Waals surface area contributed by atoms with Gasteiger partial charge in [0.25, 0.3) is 0 Å². The van der Waals surface area contributed by atoms with Gasteiger partial charge in [0.2, 0.25) is 0 Å². The third-order valence-electron chi connectivity index (χ3n) is 4.78. The number of carbonyl (C=O) groups excluding carboxylic acids is 1. The highest BCUT2D eigenvalue weighted by Crippen LogP contribution is 2.38. The van der Waals surface area contributed by atoms with E-state index in [-0.39, 0.29) is 17.9 Å². The van der Waals surface area contributed by atoms with Crippen molar-refractivity contribution in [3.8, 4) is 0 Å². The quantitative estimate of drug-likeness (QED) is 0.625. The van der Waals surface area contributed by atoms with E-state index >= 15 is 0 Å². The van der Waals surface area contributed by atoms with Gasteiger partial charge >= 0.3 is 0 Å². The Morgan fingerprint density at radius 3 is 2.29 bits per heavy atom. The average Bonchev–Trinajstić information content (AvgIpc) is 2.95. The van der Waals surface area contributed by atoms with Crippen LogP contribution in [-0.2, 0) is 4.79 Å². The number of Topliss-reactive ketones (excluding diaryl/α,β-unsaturated/α-hetero) is 1. The minimum atomic E-state index is -0.130. The summed E-state index contributed by atoms with van der Waals surface area (Å²) in [6.07, 6.45) is 7.13. The van der Waals surface area contributed by atoms with Crippen molar-refractivity contribution in [2.75, 3.05) is 13.1 Å². The first-order chi connectivity index (χ1) is 9.92. The van der Waals surface area contributed by atoms with Crippen molar-refractivity contribution in [1.82, 2.24) is 4.90 Å². The summed E-state index contributed by atoms with van der Waals surface area (Å²) in [4.78, 5) is 14.9. The molecule has 0 aromatic rings. The molecule has 0 spiro atoms. The van der Waals surface area contributed by atoms with E-state index in [1.165, 1.54) is 5.57 Å². The lowest BCUT2D eigenvalue weighted by molar-refractivity contribution is -0.119. The van der Waals surface area contributed by atoms with Gasteiger partial charge in [-0.2, -0.15) is 0 Å². The van der Waals surface area contributed by atoms with Crippen LogP contribution in [-0.4, -0.2) is 41.0 Å². The van der Waals surface area contributed by atoms with E-state index in [1.54, 1.807) is 6.08 Å². The molecule has 1 N–H and O–H groups in total. The van der Waals surface area contributed by atoms with Gasteiger partial charge < -0.3 is 5.11 Å². The number of nitrogens with zero attached hydrogens (tertiary/aromatic N) is 1. The van der Waals surface area contributed by atoms with Crippen molar-refractivity contribution in [3.63, 3.8) is 0 Å². The van der Waals surface area contributed by atoms with Crippen molar-refractivity contribution in [1.29, 1.82) is 0 Å². The predicted molar refractivity (Wildman–Crippen MR) is 86.0 cm³/mol. The van der Waals surface area contributed by atoms with Crippen LogP contribution in [0.4, 0.5) is 0 Å². The third-order valence-corrected chi connectivity index (χ3v) is 4.78. The van der Waals surface area contributed by atoms with Gasteiger partial charge in [-0.15, -0.1) is 0 Å². The van der Waals surface area contributed by atoms with E-state index in [0.29, 0.717) is 17.4 Å². The van der Waals surface area contributed by atoms with Gasteiger partial charge in [0.05, 0.1) is 12.1 Å². The maximum absolute atomic E-state index is 12.6.